The molecule has 0 aliphatic carbocycles. The molecule has 0 saturated heterocycles. The smallest absolute Gasteiger partial charge is 0.340 e. The Morgan fingerprint density at radius 2 is 1.72 bits per heavy atom. The number of anilines is 1. The number of esters is 1. The lowest BCUT2D eigenvalue weighted by Crippen LogP contribution is -2.26. The van der Waals surface area contributed by atoms with Crippen LogP contribution in [0.2, 0.25) is 0 Å². The highest BCUT2D eigenvalue weighted by atomic mass is 32.1. The minimum atomic E-state index is -1.09. The second kappa shape index (κ2) is 8.92. The number of carbonyl (C=O) groups excluding carboxylic acids is 2. The average Bonchev–Trinajstić information content (AvgIpc) is 3.05. The van der Waals surface area contributed by atoms with Crippen molar-refractivity contribution in [2.45, 2.75) is 26.9 Å². The first-order chi connectivity index (χ1) is 13.9. The summed E-state index contributed by atoms with van der Waals surface area (Å²) in [6, 6.07) is 16.2. The summed E-state index contributed by atoms with van der Waals surface area (Å²) >= 11 is 1.52. The highest BCUT2D eigenvalue weighted by molar-refractivity contribution is 7.12. The van der Waals surface area contributed by atoms with Crippen LogP contribution in [0.4, 0.5) is 5.69 Å². The first-order valence-corrected chi connectivity index (χ1v) is 9.99. The Bertz CT molecular complexity index is 1030. The highest BCUT2D eigenvalue weighted by Crippen LogP contribution is 2.29. The quantitative estimate of drug-likeness (QED) is 0.567. The van der Waals surface area contributed by atoms with E-state index < -0.39 is 18.0 Å². The molecule has 0 spiro atoms. The molecule has 0 radical (unpaired) electrons. The maximum atomic E-state index is 13.1. The zero-order valence-electron chi connectivity index (χ0n) is 16.8. The molecule has 2 aromatic carbocycles. The van der Waals surface area contributed by atoms with Crippen molar-refractivity contribution in [1.29, 1.82) is 0 Å². The molecule has 0 unspecified atom stereocenters. The number of rotatable bonds is 6. The molecule has 29 heavy (non-hydrogen) atoms. The summed E-state index contributed by atoms with van der Waals surface area (Å²) in [5.74, 6) is -0.434. The Hall–Kier alpha value is -3.12. The standard InChI is InChI=1S/C23H23NO4S/c1-14-10-11-20(27-4)19(12-14)24-22(25)21(17-8-6-5-7-9-17)28-23(26)18-13-15(2)29-16(18)3/h5-13,21H,1-4H3,(H,24,25)/t21-/m0/s1. The van der Waals surface area contributed by atoms with Crippen LogP contribution in [0.5, 0.6) is 5.75 Å². The summed E-state index contributed by atoms with van der Waals surface area (Å²) in [4.78, 5) is 27.8. The number of ether oxygens (including phenoxy) is 2. The molecule has 3 rings (SSSR count). The van der Waals surface area contributed by atoms with Crippen LogP contribution < -0.4 is 10.1 Å². The summed E-state index contributed by atoms with van der Waals surface area (Å²) in [6.45, 7) is 5.72. The number of aryl methyl sites for hydroxylation is 3. The van der Waals surface area contributed by atoms with Crippen LogP contribution in [0.15, 0.2) is 54.6 Å². The molecule has 6 heteroatoms. The van der Waals surface area contributed by atoms with Crippen molar-refractivity contribution in [3.05, 3.63) is 81.0 Å². The van der Waals surface area contributed by atoms with Crippen molar-refractivity contribution in [1.82, 2.24) is 0 Å². The summed E-state index contributed by atoms with van der Waals surface area (Å²) < 4.78 is 11.0. The molecule has 1 aromatic heterocycles. The fourth-order valence-electron chi connectivity index (χ4n) is 3.02. The van der Waals surface area contributed by atoms with Gasteiger partial charge >= 0.3 is 5.97 Å². The third-order valence-corrected chi connectivity index (χ3v) is 5.41. The van der Waals surface area contributed by atoms with E-state index in [9.17, 15) is 9.59 Å². The van der Waals surface area contributed by atoms with Crippen LogP contribution in [0.3, 0.4) is 0 Å². The molecule has 0 aliphatic rings. The van der Waals surface area contributed by atoms with Gasteiger partial charge in [0.15, 0.2) is 0 Å². The zero-order valence-corrected chi connectivity index (χ0v) is 17.6. The van der Waals surface area contributed by atoms with Crippen molar-refractivity contribution < 1.29 is 19.1 Å². The Balaban J connectivity index is 1.90. The van der Waals surface area contributed by atoms with E-state index >= 15 is 0 Å². The molecule has 0 bridgehead atoms. The summed E-state index contributed by atoms with van der Waals surface area (Å²) in [7, 11) is 1.54. The van der Waals surface area contributed by atoms with Gasteiger partial charge in [-0.3, -0.25) is 4.79 Å². The first-order valence-electron chi connectivity index (χ1n) is 9.17. The molecule has 1 atom stereocenters. The summed E-state index contributed by atoms with van der Waals surface area (Å²) in [5, 5.41) is 2.84. The van der Waals surface area contributed by atoms with Gasteiger partial charge in [-0.05, 0) is 44.5 Å². The van der Waals surface area contributed by atoms with Crippen molar-refractivity contribution in [2.24, 2.45) is 0 Å². The maximum absolute atomic E-state index is 13.1. The Labute approximate surface area is 174 Å². The molecule has 0 saturated carbocycles. The van der Waals surface area contributed by atoms with Crippen molar-refractivity contribution in [2.75, 3.05) is 12.4 Å². The number of amides is 1. The van der Waals surface area contributed by atoms with Gasteiger partial charge in [0, 0.05) is 15.3 Å². The maximum Gasteiger partial charge on any atom is 0.340 e. The lowest BCUT2D eigenvalue weighted by atomic mass is 10.1. The van der Waals surface area contributed by atoms with E-state index in [-0.39, 0.29) is 0 Å². The minimum absolute atomic E-state index is 0.446. The molecular formula is C23H23NO4S. The van der Waals surface area contributed by atoms with E-state index in [0.29, 0.717) is 22.6 Å². The van der Waals surface area contributed by atoms with Gasteiger partial charge < -0.3 is 14.8 Å². The number of benzene rings is 2. The van der Waals surface area contributed by atoms with Crippen LogP contribution in [-0.4, -0.2) is 19.0 Å². The predicted octanol–water partition coefficient (Wildman–Crippen LogP) is 5.22. The fraction of sp³-hybridized carbons (Fsp3) is 0.217. The molecule has 1 heterocycles. The molecular weight excluding hydrogens is 386 g/mol. The molecule has 3 aromatic rings. The molecule has 5 nitrogen and oxygen atoms in total. The Kier molecular flexibility index (Phi) is 6.34. The van der Waals surface area contributed by atoms with Crippen molar-refractivity contribution in [3.8, 4) is 5.75 Å². The van der Waals surface area contributed by atoms with E-state index in [1.54, 1.807) is 36.4 Å². The number of methoxy groups -OCH3 is 1. The van der Waals surface area contributed by atoms with E-state index in [2.05, 4.69) is 5.32 Å². The van der Waals surface area contributed by atoms with E-state index in [4.69, 9.17) is 9.47 Å². The summed E-state index contributed by atoms with van der Waals surface area (Å²) in [6.07, 6.45) is -1.09. The topological polar surface area (TPSA) is 64.6 Å². The van der Waals surface area contributed by atoms with Gasteiger partial charge in [-0.15, -0.1) is 11.3 Å². The van der Waals surface area contributed by atoms with Crippen LogP contribution in [0.1, 0.15) is 37.3 Å². The van der Waals surface area contributed by atoms with Crippen molar-refractivity contribution >= 4 is 28.9 Å². The first kappa shape index (κ1) is 20.6. The molecule has 0 fully saturated rings. The van der Waals surface area contributed by atoms with E-state index in [0.717, 1.165) is 15.3 Å². The van der Waals surface area contributed by atoms with E-state index in [1.807, 2.05) is 39.0 Å². The number of hydrogen-bond acceptors (Lipinski definition) is 5. The van der Waals surface area contributed by atoms with Gasteiger partial charge in [0.05, 0.1) is 18.4 Å². The average molecular weight is 410 g/mol. The van der Waals surface area contributed by atoms with Gasteiger partial charge in [-0.1, -0.05) is 36.4 Å². The number of carbonyl (C=O) groups is 2. The second-order valence-corrected chi connectivity index (χ2v) is 8.18. The lowest BCUT2D eigenvalue weighted by molar-refractivity contribution is -0.125. The van der Waals surface area contributed by atoms with E-state index in [1.165, 1.54) is 18.4 Å². The second-order valence-electron chi connectivity index (χ2n) is 6.72. The Morgan fingerprint density at radius 1 is 1.00 bits per heavy atom. The number of nitrogens with one attached hydrogen (secondary N) is 1. The third kappa shape index (κ3) is 4.84. The third-order valence-electron chi connectivity index (χ3n) is 4.44. The fourth-order valence-corrected chi connectivity index (χ4v) is 3.93. The predicted molar refractivity (Wildman–Crippen MR) is 115 cm³/mol. The normalized spacial score (nSPS) is 11.6. The van der Waals surface area contributed by atoms with Gasteiger partial charge in [0.1, 0.15) is 5.75 Å². The molecule has 1 N–H and O–H groups in total. The van der Waals surface area contributed by atoms with Gasteiger partial charge in [-0.25, -0.2) is 4.79 Å². The highest BCUT2D eigenvalue weighted by Gasteiger charge is 2.27. The minimum Gasteiger partial charge on any atom is -0.495 e. The molecule has 150 valence electrons. The van der Waals surface area contributed by atoms with Crippen LogP contribution in [0.25, 0.3) is 0 Å². The molecule has 0 aliphatic heterocycles. The van der Waals surface area contributed by atoms with Crippen LogP contribution in [0, 0.1) is 20.8 Å². The largest absolute Gasteiger partial charge is 0.495 e. The van der Waals surface area contributed by atoms with Crippen LogP contribution in [-0.2, 0) is 9.53 Å². The van der Waals surface area contributed by atoms with Gasteiger partial charge in [0.25, 0.3) is 5.91 Å². The van der Waals surface area contributed by atoms with Gasteiger partial charge in [0.2, 0.25) is 6.10 Å². The monoisotopic (exact) mass is 409 g/mol. The Morgan fingerprint density at radius 3 is 2.34 bits per heavy atom. The van der Waals surface area contributed by atoms with Crippen molar-refractivity contribution in [3.63, 3.8) is 0 Å². The number of hydrogen-bond donors (Lipinski definition) is 1. The lowest BCUT2D eigenvalue weighted by Gasteiger charge is -2.19. The van der Waals surface area contributed by atoms with Gasteiger partial charge in [-0.2, -0.15) is 0 Å². The zero-order chi connectivity index (χ0) is 21.0. The SMILES string of the molecule is COc1ccc(C)cc1NC(=O)[C@@H](OC(=O)c1cc(C)sc1C)c1ccccc1. The van der Waals surface area contributed by atoms with Crippen LogP contribution >= 0.6 is 11.3 Å². The summed E-state index contributed by atoms with van der Waals surface area (Å²) in [5.41, 5.74) is 2.57. The molecule has 1 amide bonds. The number of thiophene rings is 1.